The molecule has 0 aliphatic rings. The first-order valence-electron chi connectivity index (χ1n) is 6.10. The highest BCUT2D eigenvalue weighted by atomic mass is 16.5. The zero-order valence-electron chi connectivity index (χ0n) is 11.4. The van der Waals surface area contributed by atoms with Crippen molar-refractivity contribution in [1.82, 2.24) is 0 Å². The SMILES string of the molecule is CC(C)C(=O)OC[C@](C)(O)c1ccc(CO)cc1O. The lowest BCUT2D eigenvalue weighted by Crippen LogP contribution is -2.30. The molecule has 106 valence electrons. The topological polar surface area (TPSA) is 87.0 Å². The van der Waals surface area contributed by atoms with Crippen LogP contribution < -0.4 is 0 Å². The lowest BCUT2D eigenvalue weighted by Gasteiger charge is -2.25. The average Bonchev–Trinajstić information content (AvgIpc) is 2.35. The number of esters is 1. The van der Waals surface area contributed by atoms with Gasteiger partial charge in [0.15, 0.2) is 0 Å². The molecule has 1 atom stereocenters. The molecule has 1 rings (SSSR count). The van der Waals surface area contributed by atoms with E-state index in [1.165, 1.54) is 19.1 Å². The van der Waals surface area contributed by atoms with Crippen LogP contribution in [0.25, 0.3) is 0 Å². The van der Waals surface area contributed by atoms with E-state index >= 15 is 0 Å². The van der Waals surface area contributed by atoms with E-state index in [9.17, 15) is 15.0 Å². The number of hydrogen-bond acceptors (Lipinski definition) is 5. The Labute approximate surface area is 112 Å². The van der Waals surface area contributed by atoms with E-state index in [0.717, 1.165) is 0 Å². The average molecular weight is 268 g/mol. The molecule has 0 amide bonds. The van der Waals surface area contributed by atoms with Crippen LogP contribution in [0.15, 0.2) is 18.2 Å². The molecule has 3 N–H and O–H groups in total. The minimum absolute atomic E-state index is 0.142. The van der Waals surface area contributed by atoms with E-state index < -0.39 is 11.6 Å². The summed E-state index contributed by atoms with van der Waals surface area (Å²) in [6, 6.07) is 4.46. The summed E-state index contributed by atoms with van der Waals surface area (Å²) in [5.74, 6) is -0.829. The zero-order valence-corrected chi connectivity index (χ0v) is 11.4. The lowest BCUT2D eigenvalue weighted by atomic mass is 9.95. The number of aliphatic hydroxyl groups is 2. The van der Waals surface area contributed by atoms with Gasteiger partial charge < -0.3 is 20.1 Å². The zero-order chi connectivity index (χ0) is 14.6. The minimum Gasteiger partial charge on any atom is -0.508 e. The Bertz CT molecular complexity index is 451. The van der Waals surface area contributed by atoms with Gasteiger partial charge in [0, 0.05) is 5.56 Å². The van der Waals surface area contributed by atoms with E-state index in [2.05, 4.69) is 0 Å². The maximum absolute atomic E-state index is 11.4. The lowest BCUT2D eigenvalue weighted by molar-refractivity contribution is -0.154. The summed E-state index contributed by atoms with van der Waals surface area (Å²) in [6.45, 7) is 4.41. The summed E-state index contributed by atoms with van der Waals surface area (Å²) in [5.41, 5.74) is -0.694. The minimum atomic E-state index is -1.48. The predicted octanol–water partition coefficient (Wildman–Crippen LogP) is 1.29. The normalized spacial score (nSPS) is 14.2. The fourth-order valence-corrected chi connectivity index (χ4v) is 1.59. The highest BCUT2D eigenvalue weighted by molar-refractivity contribution is 5.71. The van der Waals surface area contributed by atoms with Gasteiger partial charge in [-0.3, -0.25) is 4.79 Å². The Balaban J connectivity index is 2.85. The molecule has 5 heteroatoms. The molecule has 0 saturated heterocycles. The third kappa shape index (κ3) is 3.94. The third-order valence-electron chi connectivity index (χ3n) is 2.79. The Kier molecular flexibility index (Phi) is 4.91. The van der Waals surface area contributed by atoms with Gasteiger partial charge in [-0.15, -0.1) is 0 Å². The third-order valence-corrected chi connectivity index (χ3v) is 2.79. The number of aliphatic hydroxyl groups excluding tert-OH is 1. The molecule has 0 spiro atoms. The molecule has 0 bridgehead atoms. The van der Waals surface area contributed by atoms with Gasteiger partial charge in [-0.1, -0.05) is 26.0 Å². The number of hydrogen-bond donors (Lipinski definition) is 3. The van der Waals surface area contributed by atoms with Gasteiger partial charge in [-0.05, 0) is 18.6 Å². The van der Waals surface area contributed by atoms with Crippen molar-refractivity contribution in [2.75, 3.05) is 6.61 Å². The number of rotatable bonds is 5. The standard InChI is InChI=1S/C14H20O5/c1-9(2)13(17)19-8-14(3,18)11-5-4-10(7-15)6-12(11)16/h4-6,9,15-16,18H,7-8H2,1-3H3/t14-/m0/s1. The Morgan fingerprint density at radius 3 is 2.53 bits per heavy atom. The fourth-order valence-electron chi connectivity index (χ4n) is 1.59. The first-order chi connectivity index (χ1) is 8.77. The van der Waals surface area contributed by atoms with E-state index in [1.807, 2.05) is 0 Å². The second-order valence-corrected chi connectivity index (χ2v) is 5.05. The molecule has 1 aromatic rings. The molecular weight excluding hydrogens is 248 g/mol. The van der Waals surface area contributed by atoms with Gasteiger partial charge in [0.05, 0.1) is 12.5 Å². The molecule has 0 radical (unpaired) electrons. The van der Waals surface area contributed by atoms with Crippen LogP contribution in [0.4, 0.5) is 0 Å². The number of phenols is 1. The van der Waals surface area contributed by atoms with Crippen molar-refractivity contribution in [1.29, 1.82) is 0 Å². The van der Waals surface area contributed by atoms with E-state index in [1.54, 1.807) is 19.9 Å². The second-order valence-electron chi connectivity index (χ2n) is 5.05. The van der Waals surface area contributed by atoms with Crippen molar-refractivity contribution in [3.8, 4) is 5.75 Å². The number of carbonyl (C=O) groups is 1. The van der Waals surface area contributed by atoms with Gasteiger partial charge in [0.1, 0.15) is 18.0 Å². The maximum Gasteiger partial charge on any atom is 0.308 e. The number of benzene rings is 1. The number of carbonyl (C=O) groups excluding carboxylic acids is 1. The highest BCUT2D eigenvalue weighted by Gasteiger charge is 2.28. The molecule has 1 aromatic carbocycles. The molecule has 0 unspecified atom stereocenters. The number of aromatic hydroxyl groups is 1. The first kappa shape index (κ1) is 15.5. The van der Waals surface area contributed by atoms with Crippen molar-refractivity contribution in [2.45, 2.75) is 33.0 Å². The molecule has 0 aromatic heterocycles. The number of phenolic OH excluding ortho intramolecular Hbond substituents is 1. The summed E-state index contributed by atoms with van der Waals surface area (Å²) < 4.78 is 4.98. The molecule has 19 heavy (non-hydrogen) atoms. The van der Waals surface area contributed by atoms with Crippen LogP contribution in [0.2, 0.25) is 0 Å². The molecule has 0 aliphatic carbocycles. The summed E-state index contributed by atoms with van der Waals surface area (Å²) in [6.07, 6.45) is 0. The Morgan fingerprint density at radius 1 is 1.42 bits per heavy atom. The summed E-state index contributed by atoms with van der Waals surface area (Å²) in [4.78, 5) is 11.4. The maximum atomic E-state index is 11.4. The molecule has 0 heterocycles. The molecule has 5 nitrogen and oxygen atoms in total. The summed E-state index contributed by atoms with van der Waals surface area (Å²) in [7, 11) is 0. The molecule has 0 aliphatic heterocycles. The monoisotopic (exact) mass is 268 g/mol. The quantitative estimate of drug-likeness (QED) is 0.700. The van der Waals surface area contributed by atoms with Crippen LogP contribution in [0.3, 0.4) is 0 Å². The first-order valence-corrected chi connectivity index (χ1v) is 6.10. The van der Waals surface area contributed by atoms with Gasteiger partial charge >= 0.3 is 5.97 Å². The van der Waals surface area contributed by atoms with Crippen molar-refractivity contribution >= 4 is 5.97 Å². The smallest absolute Gasteiger partial charge is 0.308 e. The van der Waals surface area contributed by atoms with Crippen LogP contribution >= 0.6 is 0 Å². The fraction of sp³-hybridized carbons (Fsp3) is 0.500. The Hall–Kier alpha value is -1.59. The van der Waals surface area contributed by atoms with Gasteiger partial charge in [-0.2, -0.15) is 0 Å². The highest BCUT2D eigenvalue weighted by Crippen LogP contribution is 2.30. The molecule has 0 fully saturated rings. The van der Waals surface area contributed by atoms with Crippen molar-refractivity contribution in [3.63, 3.8) is 0 Å². The van der Waals surface area contributed by atoms with Crippen molar-refractivity contribution in [2.24, 2.45) is 5.92 Å². The van der Waals surface area contributed by atoms with Crippen LogP contribution in [0.1, 0.15) is 31.9 Å². The van der Waals surface area contributed by atoms with E-state index in [4.69, 9.17) is 9.84 Å². The predicted molar refractivity (Wildman–Crippen MR) is 69.4 cm³/mol. The van der Waals surface area contributed by atoms with Crippen LogP contribution in [0, 0.1) is 5.92 Å². The number of ether oxygens (including phenoxy) is 1. The summed E-state index contributed by atoms with van der Waals surface area (Å²) >= 11 is 0. The Morgan fingerprint density at radius 2 is 2.05 bits per heavy atom. The second kappa shape index (κ2) is 6.04. The van der Waals surface area contributed by atoms with Crippen LogP contribution in [-0.4, -0.2) is 27.9 Å². The molecule has 0 saturated carbocycles. The van der Waals surface area contributed by atoms with Crippen molar-refractivity contribution in [3.05, 3.63) is 29.3 Å². The molecular formula is C14H20O5. The van der Waals surface area contributed by atoms with E-state index in [0.29, 0.717) is 5.56 Å². The van der Waals surface area contributed by atoms with E-state index in [-0.39, 0.29) is 30.4 Å². The van der Waals surface area contributed by atoms with Crippen LogP contribution in [-0.2, 0) is 21.7 Å². The summed E-state index contributed by atoms with van der Waals surface area (Å²) in [5, 5.41) is 29.0. The van der Waals surface area contributed by atoms with Gasteiger partial charge in [-0.25, -0.2) is 0 Å². The van der Waals surface area contributed by atoms with Crippen LogP contribution in [0.5, 0.6) is 5.75 Å². The largest absolute Gasteiger partial charge is 0.508 e. The van der Waals surface area contributed by atoms with Crippen molar-refractivity contribution < 1.29 is 24.9 Å². The van der Waals surface area contributed by atoms with Gasteiger partial charge in [0.25, 0.3) is 0 Å². The van der Waals surface area contributed by atoms with Gasteiger partial charge in [0.2, 0.25) is 0 Å².